The third-order valence-electron chi connectivity index (χ3n) is 5.12. The van der Waals surface area contributed by atoms with Crippen LogP contribution >= 0.6 is 0 Å². The van der Waals surface area contributed by atoms with E-state index in [9.17, 15) is 9.35 Å². The number of ether oxygens (including phenoxy) is 2. The predicted molar refractivity (Wildman–Crippen MR) is 131 cm³/mol. The Kier molecular flexibility index (Phi) is 9.70. The summed E-state index contributed by atoms with van der Waals surface area (Å²) in [7, 11) is 1.56. The van der Waals surface area contributed by atoms with Crippen LogP contribution in [0.4, 0.5) is 5.69 Å². The molecule has 1 aromatic carbocycles. The Balaban J connectivity index is 1.48. The van der Waals surface area contributed by atoms with Crippen molar-refractivity contribution in [2.75, 3.05) is 38.7 Å². The first kappa shape index (κ1) is 24.7. The molecule has 10 heteroatoms. The molecule has 1 aromatic heterocycles. The molecule has 9 nitrogen and oxygen atoms in total. The van der Waals surface area contributed by atoms with E-state index in [1.165, 1.54) is 23.4 Å². The van der Waals surface area contributed by atoms with Gasteiger partial charge in [0.25, 0.3) is 0 Å². The zero-order chi connectivity index (χ0) is 23.5. The summed E-state index contributed by atoms with van der Waals surface area (Å²) in [5, 5.41) is 3.10. The number of rotatable bonds is 13. The summed E-state index contributed by atoms with van der Waals surface area (Å²) in [5.41, 5.74) is 10.9. The number of anilines is 1. The van der Waals surface area contributed by atoms with Gasteiger partial charge >= 0.3 is 0 Å². The van der Waals surface area contributed by atoms with Crippen LogP contribution in [0, 0.1) is 0 Å². The second-order valence-corrected chi connectivity index (χ2v) is 8.60. The van der Waals surface area contributed by atoms with Crippen LogP contribution in [0.3, 0.4) is 0 Å². The van der Waals surface area contributed by atoms with Gasteiger partial charge in [0, 0.05) is 37.2 Å². The van der Waals surface area contributed by atoms with Gasteiger partial charge in [-0.3, -0.25) is 9.79 Å². The monoisotopic (exact) mass is 471 g/mol. The molecule has 0 saturated carbocycles. The van der Waals surface area contributed by atoms with Crippen molar-refractivity contribution in [2.45, 2.75) is 19.3 Å². The normalized spacial score (nSPS) is 14.3. The van der Waals surface area contributed by atoms with Gasteiger partial charge in [-0.2, -0.15) is 0 Å². The Morgan fingerprint density at radius 1 is 1.30 bits per heavy atom. The largest absolute Gasteiger partial charge is 0.592 e. The van der Waals surface area contributed by atoms with E-state index in [4.69, 9.17) is 15.2 Å². The van der Waals surface area contributed by atoms with E-state index >= 15 is 0 Å². The number of benzene rings is 1. The van der Waals surface area contributed by atoms with E-state index in [0.717, 1.165) is 42.5 Å². The van der Waals surface area contributed by atoms with Crippen molar-refractivity contribution >= 4 is 29.7 Å². The fraction of sp³-hybridized carbons (Fsp3) is 0.348. The van der Waals surface area contributed by atoms with Crippen molar-refractivity contribution in [2.24, 2.45) is 10.7 Å². The summed E-state index contributed by atoms with van der Waals surface area (Å²) >= 11 is -1.39. The van der Waals surface area contributed by atoms with Crippen molar-refractivity contribution in [1.29, 1.82) is 0 Å². The average Bonchev–Trinajstić information content (AvgIpc) is 3.32. The van der Waals surface area contributed by atoms with Crippen LogP contribution in [0.25, 0.3) is 11.1 Å². The molecule has 1 heterocycles. The van der Waals surface area contributed by atoms with Crippen LogP contribution in [0.5, 0.6) is 5.88 Å². The second-order valence-electron chi connectivity index (χ2n) is 7.18. The number of carbonyl (C=O) groups excluding carboxylic acids is 1. The maximum absolute atomic E-state index is 11.3. The Morgan fingerprint density at radius 3 is 3.00 bits per heavy atom. The number of aliphatic imine (C=N–C) groups is 1. The summed E-state index contributed by atoms with van der Waals surface area (Å²) in [5.74, 6) is 0.491. The van der Waals surface area contributed by atoms with E-state index in [0.29, 0.717) is 32.2 Å². The number of aromatic nitrogens is 1. The van der Waals surface area contributed by atoms with E-state index in [-0.39, 0.29) is 5.03 Å². The lowest BCUT2D eigenvalue weighted by Crippen LogP contribution is -2.24. The molecule has 1 aliphatic carbocycles. The fourth-order valence-electron chi connectivity index (χ4n) is 3.59. The topological polar surface area (TPSA) is 134 Å². The number of pyridine rings is 1. The number of hydrogen-bond donors (Lipinski definition) is 3. The Hall–Kier alpha value is -2.92. The molecule has 0 spiro atoms. The Bertz CT molecular complexity index is 999. The van der Waals surface area contributed by atoms with Crippen LogP contribution in [-0.2, 0) is 33.7 Å². The molecule has 0 radical (unpaired) electrons. The zero-order valence-corrected chi connectivity index (χ0v) is 19.4. The van der Waals surface area contributed by atoms with Crippen LogP contribution in [0.15, 0.2) is 46.6 Å². The molecule has 0 bridgehead atoms. The smallest absolute Gasteiger partial charge is 0.238 e. The molecule has 3 rings (SSSR count). The van der Waals surface area contributed by atoms with Gasteiger partial charge in [-0.05, 0) is 42.0 Å². The van der Waals surface area contributed by atoms with Gasteiger partial charge in [0.2, 0.25) is 17.3 Å². The molecular weight excluding hydrogens is 442 g/mol. The van der Waals surface area contributed by atoms with Gasteiger partial charge in [-0.15, -0.1) is 4.72 Å². The van der Waals surface area contributed by atoms with E-state index in [2.05, 4.69) is 26.1 Å². The lowest BCUT2D eigenvalue weighted by atomic mass is 9.98. The third-order valence-corrected chi connectivity index (χ3v) is 6.05. The van der Waals surface area contributed by atoms with Crippen LogP contribution in [-0.4, -0.2) is 55.6 Å². The number of hydrogen-bond acceptors (Lipinski definition) is 8. The summed E-state index contributed by atoms with van der Waals surface area (Å²) in [6.07, 6.45) is 8.53. The lowest BCUT2D eigenvalue weighted by Gasteiger charge is -2.14. The standard InChI is InChI=1S/C23H29N5O4S/c1-25-33(30)21(24)8-9-26-11-12-31-13-14-32-22-15-18(7-10-27-22)20-6-5-17-3-2-4-19(17)23(20)28-16-29/h5-10,15-16,25H,2-4,11-14,24H2,1H3,(H,28,29). The fourth-order valence-corrected chi connectivity index (χ4v) is 4.01. The van der Waals surface area contributed by atoms with Crippen LogP contribution < -0.4 is 20.5 Å². The highest BCUT2D eigenvalue weighted by molar-refractivity contribution is 7.93. The first-order valence-electron chi connectivity index (χ1n) is 10.7. The number of allylic oxidation sites excluding steroid dienone is 1. The number of amides is 1. The van der Waals surface area contributed by atoms with Gasteiger partial charge in [0.1, 0.15) is 6.61 Å². The summed E-state index contributed by atoms with van der Waals surface area (Å²) in [4.78, 5) is 19.6. The molecular formula is C23H29N5O4S. The van der Waals surface area contributed by atoms with Gasteiger partial charge < -0.3 is 25.1 Å². The summed E-state index contributed by atoms with van der Waals surface area (Å²) < 4.78 is 25.1. The van der Waals surface area contributed by atoms with Gasteiger partial charge in [-0.25, -0.2) is 4.98 Å². The first-order valence-corrected chi connectivity index (χ1v) is 11.9. The molecule has 0 aliphatic heterocycles. The second kappa shape index (κ2) is 12.9. The van der Waals surface area contributed by atoms with Gasteiger partial charge in [0.05, 0.1) is 36.8 Å². The Morgan fingerprint density at radius 2 is 2.18 bits per heavy atom. The number of nitrogens with two attached hydrogens (primary N) is 1. The number of aryl methyl sites for hydroxylation is 1. The summed E-state index contributed by atoms with van der Waals surface area (Å²) in [6, 6.07) is 7.94. The van der Waals surface area contributed by atoms with Crippen LogP contribution in [0.1, 0.15) is 17.5 Å². The number of nitrogens with zero attached hydrogens (tertiary/aromatic N) is 2. The predicted octanol–water partition coefficient (Wildman–Crippen LogP) is 1.96. The maximum atomic E-state index is 11.3. The molecule has 0 fully saturated rings. The minimum absolute atomic E-state index is 0.208. The highest BCUT2D eigenvalue weighted by atomic mass is 32.2. The van der Waals surface area contributed by atoms with Crippen molar-refractivity contribution in [3.05, 3.63) is 52.7 Å². The van der Waals surface area contributed by atoms with E-state index in [1.54, 1.807) is 13.2 Å². The van der Waals surface area contributed by atoms with Gasteiger partial charge in [-0.1, -0.05) is 12.1 Å². The molecule has 176 valence electrons. The van der Waals surface area contributed by atoms with Crippen LogP contribution in [0.2, 0.25) is 0 Å². The average molecular weight is 472 g/mol. The molecule has 1 unspecified atom stereocenters. The lowest BCUT2D eigenvalue weighted by molar-refractivity contribution is -0.105. The first-order chi connectivity index (χ1) is 16.1. The summed E-state index contributed by atoms with van der Waals surface area (Å²) in [6.45, 7) is 1.61. The number of carbonyl (C=O) groups is 1. The minimum Gasteiger partial charge on any atom is -0.592 e. The maximum Gasteiger partial charge on any atom is 0.238 e. The number of nitrogens with one attached hydrogen (secondary N) is 2. The molecule has 4 N–H and O–H groups in total. The van der Waals surface area contributed by atoms with Crippen molar-refractivity contribution in [1.82, 2.24) is 9.71 Å². The quantitative estimate of drug-likeness (QED) is 0.176. The highest BCUT2D eigenvalue weighted by Gasteiger charge is 2.18. The highest BCUT2D eigenvalue weighted by Crippen LogP contribution is 2.37. The van der Waals surface area contributed by atoms with E-state index < -0.39 is 11.4 Å². The molecule has 1 amide bonds. The SMILES string of the molecule is CN[S+]([O-])C(N)=CC=NCCOCCOc1cc(-c2ccc3c(c2NC=O)CCC3)ccn1. The molecule has 1 atom stereocenters. The molecule has 2 aromatic rings. The molecule has 0 saturated heterocycles. The van der Waals surface area contributed by atoms with E-state index in [1.807, 2.05) is 18.2 Å². The molecule has 1 aliphatic rings. The Labute approximate surface area is 196 Å². The van der Waals surface area contributed by atoms with Crippen molar-refractivity contribution in [3.63, 3.8) is 0 Å². The minimum atomic E-state index is -1.39. The third kappa shape index (κ3) is 7.03. The van der Waals surface area contributed by atoms with Crippen molar-refractivity contribution in [3.8, 4) is 17.0 Å². The van der Waals surface area contributed by atoms with Gasteiger partial charge in [0.15, 0.2) is 0 Å². The molecule has 33 heavy (non-hydrogen) atoms. The van der Waals surface area contributed by atoms with Crippen molar-refractivity contribution < 1.29 is 18.8 Å². The zero-order valence-electron chi connectivity index (χ0n) is 18.6. The number of fused-ring (bicyclic) bond motifs is 1.